The Labute approximate surface area is 121 Å². The molecule has 0 fully saturated rings. The monoisotopic (exact) mass is 296 g/mol. The lowest BCUT2D eigenvalue weighted by Crippen LogP contribution is -2.38. The summed E-state index contributed by atoms with van der Waals surface area (Å²) < 4.78 is 27.3. The van der Waals surface area contributed by atoms with E-state index >= 15 is 0 Å². The summed E-state index contributed by atoms with van der Waals surface area (Å²) in [6.07, 6.45) is 0.701. The molecule has 0 aromatic heterocycles. The molecule has 0 saturated heterocycles. The number of hydrogen-bond acceptors (Lipinski definition) is 2. The maximum absolute atomic E-state index is 13.7. The predicted octanol–water partition coefficient (Wildman–Crippen LogP) is 3.24. The van der Waals surface area contributed by atoms with Crippen LogP contribution in [0.15, 0.2) is 42.5 Å². The molecular weight excluding hydrogens is 282 g/mol. The van der Waals surface area contributed by atoms with E-state index in [9.17, 15) is 8.78 Å². The third-order valence-corrected chi connectivity index (χ3v) is 3.37. The maximum atomic E-state index is 13.7. The summed E-state index contributed by atoms with van der Waals surface area (Å²) >= 11 is 5.85. The molecule has 0 amide bonds. The van der Waals surface area contributed by atoms with E-state index in [4.69, 9.17) is 17.4 Å². The molecule has 0 radical (unpaired) electrons. The average molecular weight is 297 g/mol. The van der Waals surface area contributed by atoms with Gasteiger partial charge in [-0.1, -0.05) is 29.8 Å². The molecule has 1 unspecified atom stereocenters. The van der Waals surface area contributed by atoms with Gasteiger partial charge in [0.15, 0.2) is 0 Å². The van der Waals surface area contributed by atoms with Crippen molar-refractivity contribution < 1.29 is 8.78 Å². The van der Waals surface area contributed by atoms with E-state index in [0.717, 1.165) is 0 Å². The van der Waals surface area contributed by atoms with Gasteiger partial charge >= 0.3 is 0 Å². The summed E-state index contributed by atoms with van der Waals surface area (Å²) in [7, 11) is 0. The van der Waals surface area contributed by atoms with Gasteiger partial charge in [0.2, 0.25) is 0 Å². The zero-order valence-electron chi connectivity index (χ0n) is 10.7. The van der Waals surface area contributed by atoms with Crippen LogP contribution in [-0.2, 0) is 12.8 Å². The molecule has 106 valence electrons. The number of hydrogen-bond donors (Lipinski definition) is 2. The van der Waals surface area contributed by atoms with Crippen LogP contribution in [0.1, 0.15) is 11.1 Å². The first-order valence-corrected chi connectivity index (χ1v) is 6.61. The highest BCUT2D eigenvalue weighted by molar-refractivity contribution is 6.30. The van der Waals surface area contributed by atoms with Gasteiger partial charge in [-0.3, -0.25) is 11.3 Å². The molecule has 1 atom stereocenters. The SMILES string of the molecule is NNC(Cc1ccccc1F)Cc1cc(Cl)ccc1F. The Hall–Kier alpha value is -1.49. The molecular formula is C15H15ClF2N2. The Morgan fingerprint density at radius 3 is 2.35 bits per heavy atom. The molecule has 0 saturated carbocycles. The van der Waals surface area contributed by atoms with Crippen LogP contribution in [0.2, 0.25) is 5.02 Å². The summed E-state index contributed by atoms with van der Waals surface area (Å²) in [5.74, 6) is 4.84. The highest BCUT2D eigenvalue weighted by Crippen LogP contribution is 2.18. The second-order valence-electron chi connectivity index (χ2n) is 4.60. The number of hydrazine groups is 1. The van der Waals surface area contributed by atoms with E-state index in [1.54, 1.807) is 24.3 Å². The summed E-state index contributed by atoms with van der Waals surface area (Å²) in [6, 6.07) is 10.5. The van der Waals surface area contributed by atoms with Crippen LogP contribution in [0, 0.1) is 11.6 Å². The van der Waals surface area contributed by atoms with Crippen molar-refractivity contribution in [3.05, 3.63) is 70.2 Å². The van der Waals surface area contributed by atoms with E-state index in [2.05, 4.69) is 5.43 Å². The van der Waals surface area contributed by atoms with Crippen molar-refractivity contribution in [1.82, 2.24) is 5.43 Å². The molecule has 0 heterocycles. The highest BCUT2D eigenvalue weighted by Gasteiger charge is 2.14. The fraction of sp³-hybridized carbons (Fsp3) is 0.200. The molecule has 0 bridgehead atoms. The van der Waals surface area contributed by atoms with Crippen LogP contribution in [0.5, 0.6) is 0 Å². The Bertz CT molecular complexity index is 590. The Balaban J connectivity index is 2.13. The number of halogens is 3. The molecule has 3 N–H and O–H groups in total. The maximum Gasteiger partial charge on any atom is 0.126 e. The molecule has 5 heteroatoms. The average Bonchev–Trinajstić information content (AvgIpc) is 2.44. The van der Waals surface area contributed by atoms with Crippen LogP contribution >= 0.6 is 11.6 Å². The first-order valence-electron chi connectivity index (χ1n) is 6.23. The number of nitrogens with two attached hydrogens (primary N) is 1. The lowest BCUT2D eigenvalue weighted by atomic mass is 9.99. The summed E-state index contributed by atoms with van der Waals surface area (Å²) in [6.45, 7) is 0. The van der Waals surface area contributed by atoms with E-state index in [1.165, 1.54) is 18.2 Å². The molecule has 0 aliphatic heterocycles. The minimum Gasteiger partial charge on any atom is -0.271 e. The van der Waals surface area contributed by atoms with Crippen LogP contribution < -0.4 is 11.3 Å². The minimum atomic E-state index is -0.344. The van der Waals surface area contributed by atoms with Gasteiger partial charge in [-0.15, -0.1) is 0 Å². The molecule has 2 aromatic rings. The molecule has 2 nitrogen and oxygen atoms in total. The largest absolute Gasteiger partial charge is 0.271 e. The first-order chi connectivity index (χ1) is 9.60. The van der Waals surface area contributed by atoms with Gasteiger partial charge in [-0.05, 0) is 48.2 Å². The van der Waals surface area contributed by atoms with Crippen molar-refractivity contribution in [2.24, 2.45) is 5.84 Å². The second kappa shape index (κ2) is 6.79. The standard InChI is InChI=1S/C15H15ClF2N2/c16-12-5-6-15(18)11(7-12)9-13(20-19)8-10-3-1-2-4-14(10)17/h1-7,13,20H,8-9,19H2. The molecule has 20 heavy (non-hydrogen) atoms. The number of rotatable bonds is 5. The van der Waals surface area contributed by atoms with Gasteiger partial charge < -0.3 is 0 Å². The topological polar surface area (TPSA) is 38.0 Å². The van der Waals surface area contributed by atoms with E-state index in [-0.39, 0.29) is 17.7 Å². The van der Waals surface area contributed by atoms with Crippen LogP contribution in [0.4, 0.5) is 8.78 Å². The summed E-state index contributed by atoms with van der Waals surface area (Å²) in [5.41, 5.74) is 3.59. The normalized spacial score (nSPS) is 12.4. The Kier molecular flexibility index (Phi) is 5.06. The lowest BCUT2D eigenvalue weighted by Gasteiger charge is -2.17. The van der Waals surface area contributed by atoms with Crippen molar-refractivity contribution in [3.63, 3.8) is 0 Å². The molecule has 0 spiro atoms. The Morgan fingerprint density at radius 1 is 1.00 bits per heavy atom. The quantitative estimate of drug-likeness (QED) is 0.657. The van der Waals surface area contributed by atoms with E-state index < -0.39 is 0 Å². The van der Waals surface area contributed by atoms with Gasteiger partial charge in [0.25, 0.3) is 0 Å². The van der Waals surface area contributed by atoms with Crippen molar-refractivity contribution >= 4 is 11.6 Å². The Morgan fingerprint density at radius 2 is 1.65 bits per heavy atom. The van der Waals surface area contributed by atoms with E-state index in [1.807, 2.05) is 0 Å². The van der Waals surface area contributed by atoms with Gasteiger partial charge in [0.05, 0.1) is 0 Å². The smallest absolute Gasteiger partial charge is 0.126 e. The molecule has 0 aliphatic carbocycles. The zero-order valence-corrected chi connectivity index (χ0v) is 11.5. The van der Waals surface area contributed by atoms with Crippen molar-refractivity contribution in [2.45, 2.75) is 18.9 Å². The van der Waals surface area contributed by atoms with Gasteiger partial charge in [0, 0.05) is 11.1 Å². The fourth-order valence-corrected chi connectivity index (χ4v) is 2.28. The molecule has 0 aliphatic rings. The third kappa shape index (κ3) is 3.76. The highest BCUT2D eigenvalue weighted by atomic mass is 35.5. The predicted molar refractivity (Wildman–Crippen MR) is 76.3 cm³/mol. The third-order valence-electron chi connectivity index (χ3n) is 3.13. The first kappa shape index (κ1) is 14.9. The molecule has 2 aromatic carbocycles. The van der Waals surface area contributed by atoms with Crippen molar-refractivity contribution in [1.29, 1.82) is 0 Å². The van der Waals surface area contributed by atoms with Crippen LogP contribution in [0.25, 0.3) is 0 Å². The zero-order chi connectivity index (χ0) is 14.5. The minimum absolute atomic E-state index is 0.278. The second-order valence-corrected chi connectivity index (χ2v) is 5.04. The lowest BCUT2D eigenvalue weighted by molar-refractivity contribution is 0.494. The van der Waals surface area contributed by atoms with Crippen LogP contribution in [-0.4, -0.2) is 6.04 Å². The van der Waals surface area contributed by atoms with Crippen LogP contribution in [0.3, 0.4) is 0 Å². The van der Waals surface area contributed by atoms with Crippen molar-refractivity contribution in [3.8, 4) is 0 Å². The summed E-state index contributed by atoms with van der Waals surface area (Å²) in [4.78, 5) is 0. The van der Waals surface area contributed by atoms with E-state index in [0.29, 0.717) is 29.0 Å². The van der Waals surface area contributed by atoms with Gasteiger partial charge in [-0.2, -0.15) is 0 Å². The number of nitrogens with one attached hydrogen (secondary N) is 1. The van der Waals surface area contributed by atoms with Crippen molar-refractivity contribution in [2.75, 3.05) is 0 Å². The molecule has 2 rings (SSSR count). The fourth-order valence-electron chi connectivity index (χ4n) is 2.08. The van der Waals surface area contributed by atoms with Gasteiger partial charge in [0.1, 0.15) is 11.6 Å². The van der Waals surface area contributed by atoms with Gasteiger partial charge in [-0.25, -0.2) is 8.78 Å². The summed E-state index contributed by atoms with van der Waals surface area (Å²) in [5, 5.41) is 0.461. The number of benzene rings is 2.